The number of fused-ring (bicyclic) bond motifs is 1. The fourth-order valence-corrected chi connectivity index (χ4v) is 5.53. The van der Waals surface area contributed by atoms with Gasteiger partial charge in [-0.25, -0.2) is 8.42 Å². The van der Waals surface area contributed by atoms with Crippen molar-refractivity contribution in [3.05, 3.63) is 58.1 Å². The van der Waals surface area contributed by atoms with E-state index in [1.165, 1.54) is 10.5 Å². The molecular formula is C20H23BBrN3O2S. The van der Waals surface area contributed by atoms with E-state index in [0.29, 0.717) is 18.2 Å². The minimum atomic E-state index is -3.51. The number of hydrogen-bond donors (Lipinski definition) is 0. The highest BCUT2D eigenvalue weighted by Gasteiger charge is 2.35. The first-order chi connectivity index (χ1) is 13.3. The Bertz CT molecular complexity index is 1130. The van der Waals surface area contributed by atoms with E-state index in [0.717, 1.165) is 39.3 Å². The third-order valence-electron chi connectivity index (χ3n) is 5.23. The maximum absolute atomic E-state index is 12.9. The molecule has 0 spiro atoms. The van der Waals surface area contributed by atoms with Crippen LogP contribution in [0.25, 0.3) is 10.9 Å². The molecule has 0 bridgehead atoms. The van der Waals surface area contributed by atoms with Gasteiger partial charge in [-0.05, 0) is 53.6 Å². The lowest BCUT2D eigenvalue weighted by atomic mass is 9.60. The Balaban J connectivity index is 1.88. The lowest BCUT2D eigenvalue weighted by Gasteiger charge is -2.26. The summed E-state index contributed by atoms with van der Waals surface area (Å²) >= 11 is 3.65. The van der Waals surface area contributed by atoms with E-state index >= 15 is 0 Å². The SMILES string of the molecule is CB(Cc1ccccc1)N(c1nn(C2CC2)c2c(Br)ccc(C)c12)S(C)(=O)=O. The van der Waals surface area contributed by atoms with Crippen LogP contribution >= 0.6 is 15.9 Å². The Labute approximate surface area is 175 Å². The minimum absolute atomic E-state index is 0.249. The van der Waals surface area contributed by atoms with Crippen molar-refractivity contribution >= 4 is 49.5 Å². The first-order valence-corrected chi connectivity index (χ1v) is 12.1. The zero-order valence-electron chi connectivity index (χ0n) is 16.3. The van der Waals surface area contributed by atoms with E-state index in [2.05, 4.69) is 15.9 Å². The van der Waals surface area contributed by atoms with Crippen LogP contribution in [0.15, 0.2) is 46.9 Å². The van der Waals surface area contributed by atoms with Gasteiger partial charge in [0.2, 0.25) is 10.0 Å². The Morgan fingerprint density at radius 2 is 1.89 bits per heavy atom. The zero-order valence-corrected chi connectivity index (χ0v) is 18.7. The molecule has 28 heavy (non-hydrogen) atoms. The molecule has 0 saturated heterocycles. The van der Waals surface area contributed by atoms with E-state index in [9.17, 15) is 8.42 Å². The average molecular weight is 460 g/mol. The van der Waals surface area contributed by atoms with Crippen LogP contribution in [-0.4, -0.2) is 31.3 Å². The van der Waals surface area contributed by atoms with Crippen LogP contribution in [0.3, 0.4) is 0 Å². The van der Waals surface area contributed by atoms with Gasteiger partial charge >= 0.3 is 0 Å². The molecule has 4 rings (SSSR count). The van der Waals surface area contributed by atoms with E-state index < -0.39 is 10.0 Å². The molecule has 1 fully saturated rings. The second-order valence-corrected chi connectivity index (χ2v) is 10.4. The van der Waals surface area contributed by atoms with Gasteiger partial charge in [-0.1, -0.05) is 48.8 Å². The zero-order chi connectivity index (χ0) is 20.1. The van der Waals surface area contributed by atoms with Gasteiger partial charge in [-0.2, -0.15) is 5.10 Å². The van der Waals surface area contributed by atoms with Crippen molar-refractivity contribution < 1.29 is 8.42 Å². The van der Waals surface area contributed by atoms with Crippen molar-refractivity contribution in [2.24, 2.45) is 0 Å². The van der Waals surface area contributed by atoms with E-state index in [4.69, 9.17) is 5.10 Å². The third-order valence-corrected chi connectivity index (χ3v) is 7.11. The van der Waals surface area contributed by atoms with Gasteiger partial charge in [0.05, 0.1) is 17.8 Å². The average Bonchev–Trinajstić information content (AvgIpc) is 3.39. The molecule has 0 radical (unpaired) electrons. The fraction of sp³-hybridized carbons (Fsp3) is 0.350. The predicted molar refractivity (Wildman–Crippen MR) is 120 cm³/mol. The van der Waals surface area contributed by atoms with Gasteiger partial charge in [0.15, 0.2) is 5.82 Å². The third kappa shape index (κ3) is 3.60. The highest BCUT2D eigenvalue weighted by atomic mass is 79.9. The van der Waals surface area contributed by atoms with Crippen molar-refractivity contribution in [1.82, 2.24) is 9.78 Å². The lowest BCUT2D eigenvalue weighted by molar-refractivity contribution is 0.602. The van der Waals surface area contributed by atoms with Crippen molar-refractivity contribution in [3.8, 4) is 0 Å². The number of sulfonamides is 1. The summed E-state index contributed by atoms with van der Waals surface area (Å²) in [5, 5.41) is 5.74. The number of halogens is 1. The Morgan fingerprint density at radius 1 is 1.21 bits per heavy atom. The number of aromatic nitrogens is 2. The maximum atomic E-state index is 12.9. The number of rotatable bonds is 6. The van der Waals surface area contributed by atoms with Gasteiger partial charge in [-0.3, -0.25) is 8.90 Å². The summed E-state index contributed by atoms with van der Waals surface area (Å²) in [4.78, 5) is 0. The first-order valence-electron chi connectivity index (χ1n) is 9.48. The molecule has 2 aromatic carbocycles. The Kier molecular flexibility index (Phi) is 5.04. The Morgan fingerprint density at radius 3 is 2.50 bits per heavy atom. The molecular weight excluding hydrogens is 437 g/mol. The van der Waals surface area contributed by atoms with Gasteiger partial charge in [-0.15, -0.1) is 0 Å². The van der Waals surface area contributed by atoms with Crippen molar-refractivity contribution in [1.29, 1.82) is 0 Å². The molecule has 1 aromatic heterocycles. The van der Waals surface area contributed by atoms with Gasteiger partial charge < -0.3 is 0 Å². The summed E-state index contributed by atoms with van der Waals surface area (Å²) in [6.07, 6.45) is 4.05. The first kappa shape index (κ1) is 19.5. The second kappa shape index (κ2) is 7.23. The highest BCUT2D eigenvalue weighted by Crippen LogP contribution is 2.43. The summed E-state index contributed by atoms with van der Waals surface area (Å²) in [5.41, 5.74) is 3.12. The summed E-state index contributed by atoms with van der Waals surface area (Å²) in [5.74, 6) is 0.534. The topological polar surface area (TPSA) is 55.2 Å². The molecule has 146 valence electrons. The number of anilines is 1. The van der Waals surface area contributed by atoms with Crippen LogP contribution in [0.4, 0.5) is 5.82 Å². The summed E-state index contributed by atoms with van der Waals surface area (Å²) in [6.45, 7) is 3.71. The molecule has 3 aromatic rings. The predicted octanol–water partition coefficient (Wildman–Crippen LogP) is 4.61. The van der Waals surface area contributed by atoms with E-state index in [1.807, 2.05) is 60.9 Å². The number of aryl methyl sites for hydroxylation is 1. The van der Waals surface area contributed by atoms with Gasteiger partial charge in [0, 0.05) is 9.86 Å². The quantitative estimate of drug-likeness (QED) is 0.505. The van der Waals surface area contributed by atoms with Crippen LogP contribution in [0.2, 0.25) is 6.82 Å². The van der Waals surface area contributed by atoms with Crippen LogP contribution in [-0.2, 0) is 16.3 Å². The standard InChI is InChI=1S/C20H23BBrN3O2S/c1-14-9-12-17(22)19-18(14)20(23-24(19)16-10-11-16)25(28(3,26)27)21(2)13-15-7-5-4-6-8-15/h4-9,12,16H,10-11,13H2,1-3H3. The van der Waals surface area contributed by atoms with E-state index in [1.54, 1.807) is 0 Å². The van der Waals surface area contributed by atoms with E-state index in [-0.39, 0.29) is 6.85 Å². The molecule has 0 N–H and O–H groups in total. The normalized spacial score (nSPS) is 14.4. The number of benzene rings is 2. The minimum Gasteiger partial charge on any atom is -0.299 e. The molecule has 5 nitrogen and oxygen atoms in total. The summed E-state index contributed by atoms with van der Waals surface area (Å²) < 4.78 is 30.2. The summed E-state index contributed by atoms with van der Waals surface area (Å²) in [6, 6.07) is 14.3. The second-order valence-electron chi connectivity index (χ2n) is 7.68. The molecule has 0 unspecified atom stereocenters. The fourth-order valence-electron chi connectivity index (χ4n) is 3.84. The molecule has 8 heteroatoms. The van der Waals surface area contributed by atoms with Crippen LogP contribution in [0.1, 0.15) is 30.0 Å². The van der Waals surface area contributed by atoms with Crippen LogP contribution in [0.5, 0.6) is 0 Å². The van der Waals surface area contributed by atoms with Crippen LogP contribution < -0.4 is 4.22 Å². The molecule has 0 amide bonds. The lowest BCUT2D eigenvalue weighted by Crippen LogP contribution is -2.43. The highest BCUT2D eigenvalue weighted by molar-refractivity contribution is 9.10. The molecule has 1 aliphatic rings. The molecule has 1 heterocycles. The van der Waals surface area contributed by atoms with Gasteiger partial charge in [0.1, 0.15) is 0 Å². The van der Waals surface area contributed by atoms with Crippen molar-refractivity contribution in [2.45, 2.75) is 39.0 Å². The molecule has 0 atom stereocenters. The van der Waals surface area contributed by atoms with Crippen molar-refractivity contribution in [3.63, 3.8) is 0 Å². The smallest absolute Gasteiger partial charge is 0.277 e. The van der Waals surface area contributed by atoms with Crippen molar-refractivity contribution in [2.75, 3.05) is 10.5 Å². The number of hydrogen-bond acceptors (Lipinski definition) is 3. The monoisotopic (exact) mass is 459 g/mol. The summed E-state index contributed by atoms with van der Waals surface area (Å²) in [7, 11) is -3.51. The number of nitrogens with zero attached hydrogens (tertiary/aromatic N) is 3. The maximum Gasteiger partial charge on any atom is 0.277 e. The molecule has 0 aliphatic heterocycles. The molecule has 1 saturated carbocycles. The van der Waals surface area contributed by atoms with Gasteiger partial charge in [0.25, 0.3) is 6.85 Å². The molecule has 1 aliphatic carbocycles. The largest absolute Gasteiger partial charge is 0.299 e. The Hall–Kier alpha value is -1.80. The van der Waals surface area contributed by atoms with Crippen LogP contribution in [0, 0.1) is 6.92 Å².